The van der Waals surface area contributed by atoms with E-state index in [1.165, 1.54) is 0 Å². The predicted molar refractivity (Wildman–Crippen MR) is 64.2 cm³/mol. The van der Waals surface area contributed by atoms with E-state index >= 15 is 0 Å². The highest BCUT2D eigenvalue weighted by atomic mass is 16.5. The first-order chi connectivity index (χ1) is 7.67. The fourth-order valence-electron chi connectivity index (χ4n) is 1.08. The number of hydrazine groups is 1. The maximum absolute atomic E-state index is 5.45. The summed E-state index contributed by atoms with van der Waals surface area (Å²) in [6, 6.07) is 1.68. The van der Waals surface area contributed by atoms with Gasteiger partial charge in [-0.15, -0.1) is 0 Å². The summed E-state index contributed by atoms with van der Waals surface area (Å²) in [6.45, 7) is 6.47. The summed E-state index contributed by atoms with van der Waals surface area (Å²) in [4.78, 5) is 8.52. The predicted octanol–water partition coefficient (Wildman–Crippen LogP) is 1.84. The van der Waals surface area contributed by atoms with E-state index in [1.807, 2.05) is 32.9 Å². The number of hydrogen-bond donors (Lipinski definition) is 2. The van der Waals surface area contributed by atoms with Gasteiger partial charge < -0.3 is 10.2 Å². The van der Waals surface area contributed by atoms with Crippen molar-refractivity contribution in [2.24, 2.45) is 5.84 Å². The molecule has 0 aliphatic carbocycles. The van der Waals surface area contributed by atoms with Gasteiger partial charge in [0.05, 0.1) is 0 Å². The lowest BCUT2D eigenvalue weighted by atomic mass is 10.2. The van der Waals surface area contributed by atoms with Crippen molar-refractivity contribution >= 4 is 5.82 Å². The Bertz CT molecular complexity index is 363. The molecule has 1 aromatic heterocycles. The van der Waals surface area contributed by atoms with Gasteiger partial charge in [0.25, 0.3) is 0 Å². The van der Waals surface area contributed by atoms with Crippen LogP contribution in [0.3, 0.4) is 0 Å². The third-order valence-electron chi connectivity index (χ3n) is 1.95. The molecule has 0 bridgehead atoms. The molecule has 0 atom stereocenters. The maximum Gasteiger partial charge on any atom is 0.219 e. The molecule has 0 amide bonds. The van der Waals surface area contributed by atoms with Gasteiger partial charge in [0.15, 0.2) is 0 Å². The van der Waals surface area contributed by atoms with Crippen LogP contribution in [-0.4, -0.2) is 16.6 Å². The summed E-state index contributed by atoms with van der Waals surface area (Å²) in [7, 11) is 0. The van der Waals surface area contributed by atoms with Crippen molar-refractivity contribution in [2.75, 3.05) is 12.0 Å². The molecule has 1 aromatic rings. The lowest BCUT2D eigenvalue weighted by Gasteiger charge is -2.09. The number of allylic oxidation sites excluding steroid dienone is 1. The molecule has 16 heavy (non-hydrogen) atoms. The van der Waals surface area contributed by atoms with Crippen LogP contribution in [0.1, 0.15) is 32.5 Å². The average Bonchev–Trinajstić information content (AvgIpc) is 2.29. The number of ether oxygens (including phenoxy) is 1. The van der Waals surface area contributed by atoms with Crippen molar-refractivity contribution in [3.8, 4) is 5.88 Å². The van der Waals surface area contributed by atoms with Gasteiger partial charge in [0, 0.05) is 12.0 Å². The van der Waals surface area contributed by atoms with Gasteiger partial charge >= 0.3 is 0 Å². The largest absolute Gasteiger partial charge is 0.473 e. The molecule has 0 unspecified atom stereocenters. The zero-order chi connectivity index (χ0) is 12.0. The van der Waals surface area contributed by atoms with Crippen molar-refractivity contribution in [3.05, 3.63) is 24.0 Å². The molecule has 0 fully saturated rings. The van der Waals surface area contributed by atoms with Crippen molar-refractivity contribution < 1.29 is 4.74 Å². The van der Waals surface area contributed by atoms with E-state index in [0.29, 0.717) is 24.1 Å². The van der Waals surface area contributed by atoms with Gasteiger partial charge in [-0.05, 0) is 6.92 Å². The third-order valence-corrected chi connectivity index (χ3v) is 1.95. The highest BCUT2D eigenvalue weighted by molar-refractivity contribution is 5.37. The fourth-order valence-corrected chi connectivity index (χ4v) is 1.08. The number of nitrogens with zero attached hydrogens (tertiary/aromatic N) is 2. The first-order valence-electron chi connectivity index (χ1n) is 5.27. The molecule has 0 saturated heterocycles. The van der Waals surface area contributed by atoms with Gasteiger partial charge in [-0.2, -0.15) is 4.98 Å². The molecule has 0 saturated carbocycles. The second-order valence-corrected chi connectivity index (χ2v) is 3.63. The molecule has 1 heterocycles. The molecule has 5 nitrogen and oxygen atoms in total. The Kier molecular flexibility index (Phi) is 4.72. The summed E-state index contributed by atoms with van der Waals surface area (Å²) in [6.07, 6.45) is 3.83. The lowest BCUT2D eigenvalue weighted by molar-refractivity contribution is 0.345. The van der Waals surface area contributed by atoms with Crippen LogP contribution in [0.15, 0.2) is 18.2 Å². The molecule has 0 aliphatic rings. The van der Waals surface area contributed by atoms with E-state index in [0.717, 1.165) is 0 Å². The minimum absolute atomic E-state index is 0.234. The topological polar surface area (TPSA) is 73.1 Å². The second-order valence-electron chi connectivity index (χ2n) is 3.63. The molecular weight excluding hydrogens is 204 g/mol. The molecule has 0 radical (unpaired) electrons. The summed E-state index contributed by atoms with van der Waals surface area (Å²) < 4.78 is 5.45. The number of hydrogen-bond acceptors (Lipinski definition) is 5. The van der Waals surface area contributed by atoms with E-state index in [2.05, 4.69) is 15.4 Å². The quantitative estimate of drug-likeness (QED) is 0.452. The van der Waals surface area contributed by atoms with Crippen LogP contribution >= 0.6 is 0 Å². The van der Waals surface area contributed by atoms with Crippen molar-refractivity contribution in [2.45, 2.75) is 26.7 Å². The maximum atomic E-state index is 5.45. The smallest absolute Gasteiger partial charge is 0.219 e. The Labute approximate surface area is 95.7 Å². The summed E-state index contributed by atoms with van der Waals surface area (Å²) in [5.74, 6) is 7.38. The number of nitrogen functional groups attached to an aromatic ring is 1. The Balaban J connectivity index is 2.86. The average molecular weight is 222 g/mol. The van der Waals surface area contributed by atoms with Crippen LogP contribution in [-0.2, 0) is 0 Å². The molecule has 1 rings (SSSR count). The minimum Gasteiger partial charge on any atom is -0.473 e. The number of rotatable bonds is 5. The van der Waals surface area contributed by atoms with Gasteiger partial charge in [-0.3, -0.25) is 0 Å². The molecule has 0 aromatic carbocycles. The third kappa shape index (κ3) is 3.51. The van der Waals surface area contributed by atoms with Gasteiger partial charge in [-0.1, -0.05) is 26.0 Å². The Hall–Kier alpha value is -1.62. The van der Waals surface area contributed by atoms with E-state index in [1.54, 1.807) is 6.07 Å². The molecule has 5 heteroatoms. The lowest BCUT2D eigenvalue weighted by Crippen LogP contribution is -2.12. The number of nitrogens with two attached hydrogens (primary N) is 1. The number of anilines is 1. The number of nitrogens with one attached hydrogen (secondary N) is 1. The minimum atomic E-state index is 0.234. The molecule has 88 valence electrons. The SMILES string of the molecule is C/C=C/COc1cc(NN)nc(C(C)C)n1. The van der Waals surface area contributed by atoms with Crippen LogP contribution in [0, 0.1) is 0 Å². The van der Waals surface area contributed by atoms with Crippen LogP contribution < -0.4 is 16.0 Å². The Morgan fingerprint density at radius 2 is 2.25 bits per heavy atom. The summed E-state index contributed by atoms with van der Waals surface area (Å²) in [5.41, 5.74) is 2.50. The Morgan fingerprint density at radius 3 is 2.81 bits per heavy atom. The molecular formula is C11H18N4O. The normalized spacial score (nSPS) is 11.1. The van der Waals surface area contributed by atoms with E-state index < -0.39 is 0 Å². The van der Waals surface area contributed by atoms with Gasteiger partial charge in [-0.25, -0.2) is 10.8 Å². The van der Waals surface area contributed by atoms with Gasteiger partial charge in [0.2, 0.25) is 5.88 Å². The van der Waals surface area contributed by atoms with E-state index in [9.17, 15) is 0 Å². The number of aromatic nitrogens is 2. The van der Waals surface area contributed by atoms with E-state index in [-0.39, 0.29) is 5.92 Å². The van der Waals surface area contributed by atoms with Crippen LogP contribution in [0.2, 0.25) is 0 Å². The van der Waals surface area contributed by atoms with Crippen LogP contribution in [0.25, 0.3) is 0 Å². The van der Waals surface area contributed by atoms with Gasteiger partial charge in [0.1, 0.15) is 18.2 Å². The second kappa shape index (κ2) is 6.07. The molecule has 3 N–H and O–H groups in total. The summed E-state index contributed by atoms with van der Waals surface area (Å²) >= 11 is 0. The Morgan fingerprint density at radius 1 is 1.50 bits per heavy atom. The first kappa shape index (κ1) is 12.4. The standard InChI is InChI=1S/C11H18N4O/c1-4-5-6-16-10-7-9(15-12)13-11(14-10)8(2)3/h4-5,7-8H,6,12H2,1-3H3,(H,13,14,15)/b5-4+. The summed E-state index contributed by atoms with van der Waals surface area (Å²) in [5, 5.41) is 0. The first-order valence-corrected chi connectivity index (χ1v) is 5.27. The van der Waals surface area contributed by atoms with Crippen LogP contribution in [0.4, 0.5) is 5.82 Å². The van der Waals surface area contributed by atoms with Crippen molar-refractivity contribution in [1.29, 1.82) is 0 Å². The zero-order valence-corrected chi connectivity index (χ0v) is 9.90. The molecule has 0 spiro atoms. The van der Waals surface area contributed by atoms with Crippen molar-refractivity contribution in [3.63, 3.8) is 0 Å². The van der Waals surface area contributed by atoms with Crippen LogP contribution in [0.5, 0.6) is 5.88 Å². The fraction of sp³-hybridized carbons (Fsp3) is 0.455. The highest BCUT2D eigenvalue weighted by Gasteiger charge is 2.07. The molecule has 0 aliphatic heterocycles. The zero-order valence-electron chi connectivity index (χ0n) is 9.90. The highest BCUT2D eigenvalue weighted by Crippen LogP contribution is 2.17. The van der Waals surface area contributed by atoms with E-state index in [4.69, 9.17) is 10.6 Å². The van der Waals surface area contributed by atoms with Crippen molar-refractivity contribution in [1.82, 2.24) is 9.97 Å². The monoisotopic (exact) mass is 222 g/mol.